The molecule has 6 rings (SSSR count). The molecule has 384 valence electrons. The molecule has 0 saturated heterocycles. The Morgan fingerprint density at radius 3 is 1.40 bits per heavy atom. The van der Waals surface area contributed by atoms with Crippen molar-refractivity contribution in [3.8, 4) is 11.8 Å². The van der Waals surface area contributed by atoms with Gasteiger partial charge < -0.3 is 39.6 Å². The zero-order valence-electron chi connectivity index (χ0n) is 40.2. The second-order valence-corrected chi connectivity index (χ2v) is 20.5. The number of hydrogen-bond acceptors (Lipinski definition) is 11. The van der Waals surface area contributed by atoms with Crippen LogP contribution in [0, 0.1) is 11.8 Å². The van der Waals surface area contributed by atoms with Gasteiger partial charge in [0.05, 0.1) is 6.10 Å². The minimum Gasteiger partial charge on any atom is -0.468 e. The molecule has 2 aromatic rings. The van der Waals surface area contributed by atoms with Crippen LogP contribution in [0.25, 0.3) is 0 Å². The number of halogens is 7. The van der Waals surface area contributed by atoms with Gasteiger partial charge in [0.2, 0.25) is 11.8 Å². The van der Waals surface area contributed by atoms with Crippen LogP contribution in [0.5, 0.6) is 11.8 Å². The summed E-state index contributed by atoms with van der Waals surface area (Å²) < 4.78 is 110. The molecule has 2 amide bonds. The number of hydrogen-bond donors (Lipinski definition) is 3. The predicted molar refractivity (Wildman–Crippen MR) is 240 cm³/mol. The average molecular weight is 977 g/mol. The number of aromatic nitrogens is 2. The number of alkyl halides is 7. The molecule has 68 heavy (non-hydrogen) atoms. The number of β-amino-alcohol motifs (C(OH)–C–C–N with tert-alkyl or cyclic N) is 1. The molecule has 0 bridgehead atoms. The molecule has 2 aliphatic heterocycles. The highest BCUT2D eigenvalue weighted by molar-refractivity contribution is 5.68. The molecule has 4 heterocycles. The van der Waals surface area contributed by atoms with Crippen molar-refractivity contribution >= 4 is 12.2 Å². The van der Waals surface area contributed by atoms with Gasteiger partial charge in [0, 0.05) is 87.7 Å². The third kappa shape index (κ3) is 19.7. The third-order valence-electron chi connectivity index (χ3n) is 12.5. The first-order chi connectivity index (χ1) is 31.8. The van der Waals surface area contributed by atoms with Crippen molar-refractivity contribution in [3.63, 3.8) is 0 Å². The number of fused-ring (bicyclic) bond motifs is 2. The molecule has 2 aromatic heterocycles. The fourth-order valence-electron chi connectivity index (χ4n) is 9.09. The lowest BCUT2D eigenvalue weighted by Crippen LogP contribution is -2.44. The molecule has 2 saturated carbocycles. The first kappa shape index (κ1) is 54.8. The van der Waals surface area contributed by atoms with E-state index in [0.29, 0.717) is 70.5 Å². The van der Waals surface area contributed by atoms with E-state index in [-0.39, 0.29) is 35.7 Å². The highest BCUT2D eigenvalue weighted by atomic mass is 19.4. The summed E-state index contributed by atoms with van der Waals surface area (Å²) in [5, 5.41) is 16.7. The topological polar surface area (TPSA) is 148 Å². The van der Waals surface area contributed by atoms with Gasteiger partial charge in [-0.05, 0) is 129 Å². The second-order valence-electron chi connectivity index (χ2n) is 20.5. The summed E-state index contributed by atoms with van der Waals surface area (Å²) in [5.41, 5.74) is 2.36. The van der Waals surface area contributed by atoms with Crippen molar-refractivity contribution in [2.24, 2.45) is 11.8 Å². The fraction of sp³-hybridized carbons (Fsp3) is 0.750. The summed E-state index contributed by atoms with van der Waals surface area (Å²) in [6, 6.07) is 6.55. The summed E-state index contributed by atoms with van der Waals surface area (Å²) >= 11 is 0. The monoisotopic (exact) mass is 977 g/mol. The van der Waals surface area contributed by atoms with E-state index in [4.69, 9.17) is 18.9 Å². The van der Waals surface area contributed by atoms with Gasteiger partial charge in [0.1, 0.15) is 17.4 Å². The Morgan fingerprint density at radius 1 is 0.618 bits per heavy atom. The Hall–Kier alpha value is -4.17. The minimum atomic E-state index is -4.41. The van der Waals surface area contributed by atoms with E-state index >= 15 is 4.39 Å². The van der Waals surface area contributed by atoms with Gasteiger partial charge in [0.25, 0.3) is 0 Å². The lowest BCUT2D eigenvalue weighted by molar-refractivity contribution is -0.154. The van der Waals surface area contributed by atoms with Crippen LogP contribution in [-0.4, -0.2) is 137 Å². The van der Waals surface area contributed by atoms with Crippen LogP contribution < -0.4 is 20.1 Å². The first-order valence-electron chi connectivity index (χ1n) is 23.9. The van der Waals surface area contributed by atoms with Crippen LogP contribution in [0.3, 0.4) is 0 Å². The Kier molecular flexibility index (Phi) is 19.4. The molecular weight excluding hydrogens is 906 g/mol. The number of carbonyl (C=O) groups excluding carboxylic acids is 2. The van der Waals surface area contributed by atoms with Gasteiger partial charge in [-0.3, -0.25) is 4.90 Å². The summed E-state index contributed by atoms with van der Waals surface area (Å²) in [6.45, 7) is 11.8. The van der Waals surface area contributed by atoms with Crippen LogP contribution in [0.15, 0.2) is 24.3 Å². The Bertz CT molecular complexity index is 1780. The normalized spacial score (nSPS) is 22.9. The molecule has 0 radical (unpaired) electrons. The van der Waals surface area contributed by atoms with Crippen molar-refractivity contribution in [1.29, 1.82) is 0 Å². The lowest BCUT2D eigenvalue weighted by Gasteiger charge is -2.34. The summed E-state index contributed by atoms with van der Waals surface area (Å²) in [4.78, 5) is 36.7. The summed E-state index contributed by atoms with van der Waals surface area (Å²) in [6.07, 6.45) is -2.43. The lowest BCUT2D eigenvalue weighted by atomic mass is 9.82. The maximum atomic E-state index is 15.1. The number of carbonyl (C=O) groups is 2. The number of pyridine rings is 2. The average Bonchev–Trinajstić information content (AvgIpc) is 3.56. The molecular formula is C48H71F7N6O7. The highest BCUT2D eigenvalue weighted by Crippen LogP contribution is 2.31. The predicted octanol–water partition coefficient (Wildman–Crippen LogP) is 8.71. The maximum absolute atomic E-state index is 15.1. The van der Waals surface area contributed by atoms with Crippen molar-refractivity contribution < 1.29 is 64.4 Å². The maximum Gasteiger partial charge on any atom is 0.422 e. The largest absolute Gasteiger partial charge is 0.468 e. The Labute approximate surface area is 395 Å². The van der Waals surface area contributed by atoms with E-state index in [1.807, 2.05) is 41.5 Å². The number of aliphatic hydroxyl groups excluding tert-OH is 1. The standard InChI is InChI=1S/C24H35F4N3O3.C24H36F3N3O4/c1-23(2,3)34-22(32)29-18-7-4-16(5-8-18)19(25)14-31-12-10-17-6-9-21(30-20(17)11-13-31)33-15-24(26,27)28;1-23(2,3)34-22(32)28-18-7-4-17(5-8-18)20(31)14-30-12-10-16-6-9-21(29-19(16)11-13-30)33-15-24(25,26)27/h6,9,16,18-19H,4-5,7-8,10-15H2,1-3H3,(H,29,32);6,9,17-18,20,31H,4-5,7-8,10-15H2,1-3H3,(H,28,32). The van der Waals surface area contributed by atoms with E-state index in [2.05, 4.69) is 30.4 Å². The quantitative estimate of drug-likeness (QED) is 0.176. The number of rotatable bonds is 12. The van der Waals surface area contributed by atoms with E-state index in [1.165, 1.54) is 12.1 Å². The van der Waals surface area contributed by atoms with Crippen LogP contribution in [-0.2, 0) is 35.2 Å². The van der Waals surface area contributed by atoms with Crippen LogP contribution in [0.2, 0.25) is 0 Å². The van der Waals surface area contributed by atoms with Gasteiger partial charge in [-0.25, -0.2) is 23.9 Å². The van der Waals surface area contributed by atoms with Crippen LogP contribution in [0.1, 0.15) is 115 Å². The first-order valence-corrected chi connectivity index (χ1v) is 23.9. The zero-order chi connectivity index (χ0) is 49.9. The minimum absolute atomic E-state index is 0.00539. The second kappa shape index (κ2) is 24.1. The third-order valence-corrected chi connectivity index (χ3v) is 12.5. The highest BCUT2D eigenvalue weighted by Gasteiger charge is 2.34. The van der Waals surface area contributed by atoms with E-state index in [0.717, 1.165) is 68.3 Å². The van der Waals surface area contributed by atoms with Crippen LogP contribution in [0.4, 0.5) is 40.3 Å². The summed E-state index contributed by atoms with van der Waals surface area (Å²) in [7, 11) is 0. The van der Waals surface area contributed by atoms with Gasteiger partial charge in [-0.15, -0.1) is 0 Å². The zero-order valence-corrected chi connectivity index (χ0v) is 40.2. The number of alkyl carbamates (subject to hydrolysis) is 2. The van der Waals surface area contributed by atoms with E-state index in [1.54, 1.807) is 12.1 Å². The van der Waals surface area contributed by atoms with Crippen molar-refractivity contribution in [1.82, 2.24) is 30.4 Å². The number of amides is 2. The molecule has 0 aromatic carbocycles. The molecule has 2 aliphatic carbocycles. The molecule has 2 fully saturated rings. The SMILES string of the molecule is CC(C)(C)OC(=O)NC1CCC(C(F)CN2CCc3ccc(OCC(F)(F)F)nc3CC2)CC1.CC(C)(C)OC(=O)NC1CCC(C(O)CN2CCc3ccc(OCC(F)(F)F)nc3CC2)CC1. The van der Waals surface area contributed by atoms with E-state index < -0.39 is 61.2 Å². The molecule has 2 unspecified atom stereocenters. The number of nitrogens with zero attached hydrogens (tertiary/aromatic N) is 4. The Balaban J connectivity index is 0.000000254. The molecule has 20 heteroatoms. The molecule has 2 atom stereocenters. The van der Waals surface area contributed by atoms with Crippen molar-refractivity contribution in [3.05, 3.63) is 46.8 Å². The van der Waals surface area contributed by atoms with Crippen LogP contribution >= 0.6 is 0 Å². The van der Waals surface area contributed by atoms with Gasteiger partial charge >= 0.3 is 24.5 Å². The van der Waals surface area contributed by atoms with Crippen molar-refractivity contribution in [2.75, 3.05) is 52.5 Å². The van der Waals surface area contributed by atoms with Gasteiger partial charge in [-0.1, -0.05) is 12.1 Å². The number of ether oxygens (including phenoxy) is 4. The number of nitrogens with one attached hydrogen (secondary N) is 2. The molecule has 0 spiro atoms. The summed E-state index contributed by atoms with van der Waals surface area (Å²) in [5.74, 6) is 0.0663. The van der Waals surface area contributed by atoms with Crippen molar-refractivity contribution in [2.45, 2.75) is 167 Å². The molecule has 13 nitrogen and oxygen atoms in total. The molecule has 3 N–H and O–H groups in total. The number of aliphatic hydroxyl groups is 1. The Morgan fingerprint density at radius 2 is 1.00 bits per heavy atom. The van der Waals surface area contributed by atoms with E-state index in [9.17, 15) is 41.0 Å². The smallest absolute Gasteiger partial charge is 0.422 e. The van der Waals surface area contributed by atoms with Gasteiger partial charge in [0.15, 0.2) is 13.2 Å². The fourth-order valence-corrected chi connectivity index (χ4v) is 9.09. The molecule has 4 aliphatic rings. The van der Waals surface area contributed by atoms with Gasteiger partial charge in [-0.2, -0.15) is 26.3 Å².